The van der Waals surface area contributed by atoms with Crippen LogP contribution < -0.4 is 4.72 Å². The molecule has 7 heteroatoms. The van der Waals surface area contributed by atoms with Crippen molar-refractivity contribution in [2.45, 2.75) is 30.3 Å². The number of nitrogens with one attached hydrogen (secondary N) is 1. The maximum atomic E-state index is 12.9. The van der Waals surface area contributed by atoms with Crippen LogP contribution in [0, 0.1) is 11.3 Å². The number of benzene rings is 3. The Hall–Kier alpha value is -3.21. The number of carbonyl (C=O) groups is 1. The van der Waals surface area contributed by atoms with Crippen LogP contribution in [-0.2, 0) is 21.4 Å². The number of amides is 1. The zero-order valence-electron chi connectivity index (χ0n) is 16.3. The van der Waals surface area contributed by atoms with Gasteiger partial charge < -0.3 is 4.90 Å². The molecule has 0 spiro atoms. The summed E-state index contributed by atoms with van der Waals surface area (Å²) >= 11 is 0. The predicted octanol–water partition coefficient (Wildman–Crippen LogP) is 3.18. The fourth-order valence-electron chi connectivity index (χ4n) is 3.76. The first-order valence-corrected chi connectivity index (χ1v) is 11.2. The smallest absolute Gasteiger partial charge is 0.241 e. The predicted molar refractivity (Wildman–Crippen MR) is 114 cm³/mol. The van der Waals surface area contributed by atoms with Gasteiger partial charge in [0.1, 0.15) is 6.04 Å². The Kier molecular flexibility index (Phi) is 5.53. The third-order valence-electron chi connectivity index (χ3n) is 5.29. The highest BCUT2D eigenvalue weighted by Gasteiger charge is 2.32. The van der Waals surface area contributed by atoms with Gasteiger partial charge in [-0.05, 0) is 53.4 Å². The topological polar surface area (TPSA) is 90.3 Å². The average Bonchev–Trinajstić information content (AvgIpc) is 2.76. The van der Waals surface area contributed by atoms with E-state index in [1.54, 1.807) is 41.3 Å². The van der Waals surface area contributed by atoms with E-state index >= 15 is 0 Å². The van der Waals surface area contributed by atoms with E-state index < -0.39 is 16.1 Å². The summed E-state index contributed by atoms with van der Waals surface area (Å²) in [6.07, 6.45) is 1.16. The van der Waals surface area contributed by atoms with Crippen LogP contribution in [0.15, 0.2) is 71.6 Å². The summed E-state index contributed by atoms with van der Waals surface area (Å²) < 4.78 is 28.4. The first kappa shape index (κ1) is 20.1. The van der Waals surface area contributed by atoms with Crippen molar-refractivity contribution in [2.75, 3.05) is 6.54 Å². The number of sulfonamides is 1. The van der Waals surface area contributed by atoms with Gasteiger partial charge in [0.2, 0.25) is 15.9 Å². The van der Waals surface area contributed by atoms with Crippen molar-refractivity contribution in [1.29, 1.82) is 5.26 Å². The molecule has 30 heavy (non-hydrogen) atoms. The summed E-state index contributed by atoms with van der Waals surface area (Å²) in [4.78, 5) is 14.7. The second-order valence-electron chi connectivity index (χ2n) is 7.40. The Balaban J connectivity index is 1.51. The van der Waals surface area contributed by atoms with Crippen molar-refractivity contribution < 1.29 is 13.2 Å². The SMILES string of the molecule is N#Cc1cccc(CN2CCCC(NS(=O)(=O)c3ccc4ccccc4c3)C2=O)c1. The van der Waals surface area contributed by atoms with Gasteiger partial charge in [0.05, 0.1) is 16.5 Å². The minimum absolute atomic E-state index is 0.146. The second kappa shape index (κ2) is 8.27. The van der Waals surface area contributed by atoms with Crippen molar-refractivity contribution in [3.63, 3.8) is 0 Å². The second-order valence-corrected chi connectivity index (χ2v) is 9.11. The number of hydrogen-bond donors (Lipinski definition) is 1. The molecule has 4 rings (SSSR count). The quantitative estimate of drug-likeness (QED) is 0.688. The minimum atomic E-state index is -3.83. The normalized spacial score (nSPS) is 17.1. The molecular formula is C23H21N3O3S. The molecule has 1 heterocycles. The van der Waals surface area contributed by atoms with E-state index in [2.05, 4.69) is 10.8 Å². The van der Waals surface area contributed by atoms with E-state index in [-0.39, 0.29) is 10.8 Å². The van der Waals surface area contributed by atoms with Gasteiger partial charge >= 0.3 is 0 Å². The first-order valence-electron chi connectivity index (χ1n) is 9.75. The minimum Gasteiger partial charge on any atom is -0.337 e. The zero-order chi connectivity index (χ0) is 21.1. The molecule has 3 aromatic carbocycles. The van der Waals surface area contributed by atoms with Crippen LogP contribution in [0.2, 0.25) is 0 Å². The van der Waals surface area contributed by atoms with E-state index in [9.17, 15) is 13.2 Å². The van der Waals surface area contributed by atoms with Crippen LogP contribution in [0.25, 0.3) is 10.8 Å². The highest BCUT2D eigenvalue weighted by Crippen LogP contribution is 2.21. The molecule has 1 N–H and O–H groups in total. The van der Waals surface area contributed by atoms with E-state index in [0.29, 0.717) is 31.5 Å². The largest absolute Gasteiger partial charge is 0.337 e. The lowest BCUT2D eigenvalue weighted by molar-refractivity contribution is -0.136. The number of carbonyl (C=O) groups excluding carboxylic acids is 1. The monoisotopic (exact) mass is 419 g/mol. The van der Waals surface area contributed by atoms with Gasteiger partial charge in [-0.2, -0.15) is 9.98 Å². The fourth-order valence-corrected chi connectivity index (χ4v) is 5.01. The molecule has 1 unspecified atom stereocenters. The van der Waals surface area contributed by atoms with Crippen LogP contribution in [0.3, 0.4) is 0 Å². The number of nitrogens with zero attached hydrogens (tertiary/aromatic N) is 2. The summed E-state index contributed by atoms with van der Waals surface area (Å²) in [6, 6.07) is 20.9. The van der Waals surface area contributed by atoms with Gasteiger partial charge in [-0.15, -0.1) is 0 Å². The third-order valence-corrected chi connectivity index (χ3v) is 6.76. The van der Waals surface area contributed by atoms with Gasteiger partial charge in [-0.1, -0.05) is 42.5 Å². The van der Waals surface area contributed by atoms with Crippen LogP contribution in [0.5, 0.6) is 0 Å². The fraction of sp³-hybridized carbons (Fsp3) is 0.217. The average molecular weight is 420 g/mol. The molecule has 0 aliphatic carbocycles. The first-order chi connectivity index (χ1) is 14.5. The molecule has 0 radical (unpaired) electrons. The van der Waals surface area contributed by atoms with Gasteiger partial charge in [-0.25, -0.2) is 8.42 Å². The number of piperidine rings is 1. The molecule has 0 bridgehead atoms. The van der Waals surface area contributed by atoms with E-state index in [0.717, 1.165) is 16.3 Å². The molecule has 1 amide bonds. The summed E-state index contributed by atoms with van der Waals surface area (Å²) in [7, 11) is -3.83. The number of likely N-dealkylation sites (tertiary alicyclic amines) is 1. The Morgan fingerprint density at radius 2 is 1.83 bits per heavy atom. The molecule has 1 aliphatic heterocycles. The summed E-state index contributed by atoms with van der Waals surface area (Å²) in [6.45, 7) is 0.909. The molecule has 152 valence electrons. The van der Waals surface area contributed by atoms with Gasteiger partial charge in [0.15, 0.2) is 0 Å². The molecule has 6 nitrogen and oxygen atoms in total. The van der Waals surface area contributed by atoms with Gasteiger partial charge in [-0.3, -0.25) is 4.79 Å². The lowest BCUT2D eigenvalue weighted by atomic mass is 10.0. The Labute approximate surface area is 175 Å². The highest BCUT2D eigenvalue weighted by molar-refractivity contribution is 7.89. The number of fused-ring (bicyclic) bond motifs is 1. The van der Waals surface area contributed by atoms with E-state index in [4.69, 9.17) is 5.26 Å². The molecular weight excluding hydrogens is 398 g/mol. The lowest BCUT2D eigenvalue weighted by Gasteiger charge is -2.32. The number of rotatable bonds is 5. The standard InChI is InChI=1S/C23H21N3O3S/c24-15-17-5-3-6-18(13-17)16-26-12-4-9-22(23(26)27)25-30(28,29)21-11-10-19-7-1-2-8-20(19)14-21/h1-3,5-8,10-11,13-14,22,25H,4,9,12,16H2. The molecule has 0 saturated carbocycles. The van der Waals surface area contributed by atoms with Crippen LogP contribution >= 0.6 is 0 Å². The summed E-state index contributed by atoms with van der Waals surface area (Å²) in [5.41, 5.74) is 1.38. The van der Waals surface area contributed by atoms with Crippen LogP contribution in [-0.4, -0.2) is 31.8 Å². The molecule has 3 aromatic rings. The maximum Gasteiger partial charge on any atom is 0.241 e. The molecule has 1 saturated heterocycles. The zero-order valence-corrected chi connectivity index (χ0v) is 17.1. The number of hydrogen-bond acceptors (Lipinski definition) is 4. The molecule has 1 aliphatic rings. The van der Waals surface area contributed by atoms with Gasteiger partial charge in [0.25, 0.3) is 0 Å². The van der Waals surface area contributed by atoms with Crippen molar-refractivity contribution in [3.05, 3.63) is 77.9 Å². The third kappa shape index (κ3) is 4.20. The summed E-state index contributed by atoms with van der Waals surface area (Å²) in [5.74, 6) is -0.243. The molecule has 1 atom stereocenters. The van der Waals surface area contributed by atoms with E-state index in [1.807, 2.05) is 30.3 Å². The Morgan fingerprint density at radius 3 is 2.63 bits per heavy atom. The highest BCUT2D eigenvalue weighted by atomic mass is 32.2. The maximum absolute atomic E-state index is 12.9. The van der Waals surface area contributed by atoms with Crippen LogP contribution in [0.4, 0.5) is 0 Å². The molecule has 0 aromatic heterocycles. The summed E-state index contributed by atoms with van der Waals surface area (Å²) in [5, 5.41) is 10.8. The van der Waals surface area contributed by atoms with Gasteiger partial charge in [0, 0.05) is 13.1 Å². The lowest BCUT2D eigenvalue weighted by Crippen LogP contribution is -2.51. The van der Waals surface area contributed by atoms with Crippen molar-refractivity contribution in [2.24, 2.45) is 0 Å². The van der Waals surface area contributed by atoms with Crippen molar-refractivity contribution in [1.82, 2.24) is 9.62 Å². The van der Waals surface area contributed by atoms with E-state index in [1.165, 1.54) is 0 Å². The van der Waals surface area contributed by atoms with Crippen molar-refractivity contribution >= 4 is 26.7 Å². The number of nitriles is 1. The Bertz CT molecular complexity index is 1250. The molecule has 1 fully saturated rings. The Morgan fingerprint density at radius 1 is 1.03 bits per heavy atom. The van der Waals surface area contributed by atoms with Crippen LogP contribution in [0.1, 0.15) is 24.0 Å². The van der Waals surface area contributed by atoms with Crippen molar-refractivity contribution in [3.8, 4) is 6.07 Å².